The molecule has 1 N–H and O–H groups in total. The summed E-state index contributed by atoms with van der Waals surface area (Å²) in [6, 6.07) is 14.8. The van der Waals surface area contributed by atoms with Crippen LogP contribution in [0.5, 0.6) is 0 Å². The topological polar surface area (TPSA) is 35.6 Å². The van der Waals surface area contributed by atoms with Gasteiger partial charge >= 0.3 is 0 Å². The Kier molecular flexibility index (Phi) is 5.00. The summed E-state index contributed by atoms with van der Waals surface area (Å²) in [5.41, 5.74) is 2.82. The molecule has 5 heteroatoms. The second-order valence-corrected chi connectivity index (χ2v) is 8.63. The number of hydrogen-bond acceptors (Lipinski definition) is 3. The molecule has 0 unspecified atom stereocenters. The van der Waals surface area contributed by atoms with Gasteiger partial charge in [0.05, 0.1) is 6.04 Å². The zero-order valence-corrected chi connectivity index (χ0v) is 16.7. The lowest BCUT2D eigenvalue weighted by atomic mass is 9.89. The van der Waals surface area contributed by atoms with Gasteiger partial charge in [-0.2, -0.15) is 0 Å². The molecule has 4 nitrogen and oxygen atoms in total. The van der Waals surface area contributed by atoms with Gasteiger partial charge in [0.2, 0.25) is 0 Å². The van der Waals surface area contributed by atoms with Gasteiger partial charge in [0.25, 0.3) is 5.91 Å². The lowest BCUT2D eigenvalue weighted by Gasteiger charge is -2.30. The van der Waals surface area contributed by atoms with E-state index in [0.717, 1.165) is 43.9 Å². The lowest BCUT2D eigenvalue weighted by Crippen LogP contribution is -2.34. The van der Waals surface area contributed by atoms with Gasteiger partial charge in [-0.05, 0) is 67.1 Å². The number of hydrogen-bond donors (Lipinski definition) is 1. The van der Waals surface area contributed by atoms with Crippen LogP contribution in [0.4, 0.5) is 10.1 Å². The zero-order valence-electron chi connectivity index (χ0n) is 16.7. The molecule has 0 aliphatic carbocycles. The molecule has 0 spiro atoms. The molecule has 3 aliphatic rings. The monoisotopic (exact) mass is 393 g/mol. The highest BCUT2D eigenvalue weighted by Crippen LogP contribution is 2.43. The van der Waals surface area contributed by atoms with Crippen molar-refractivity contribution in [2.75, 3.05) is 37.6 Å². The predicted molar refractivity (Wildman–Crippen MR) is 113 cm³/mol. The summed E-state index contributed by atoms with van der Waals surface area (Å²) in [4.78, 5) is 17.8. The molecule has 3 atom stereocenters. The number of amides is 1. The highest BCUT2D eigenvalue weighted by molar-refractivity contribution is 5.95. The first-order valence-electron chi connectivity index (χ1n) is 10.8. The fourth-order valence-electron chi connectivity index (χ4n) is 5.38. The normalized spacial score (nSPS) is 26.6. The van der Waals surface area contributed by atoms with Crippen molar-refractivity contribution >= 4 is 11.6 Å². The van der Waals surface area contributed by atoms with E-state index >= 15 is 0 Å². The fraction of sp³-hybridized carbons (Fsp3) is 0.458. The van der Waals surface area contributed by atoms with Gasteiger partial charge in [0, 0.05) is 49.9 Å². The fourth-order valence-corrected chi connectivity index (χ4v) is 5.38. The van der Waals surface area contributed by atoms with Crippen LogP contribution in [0.15, 0.2) is 48.5 Å². The minimum atomic E-state index is -0.241. The zero-order chi connectivity index (χ0) is 19.8. The van der Waals surface area contributed by atoms with E-state index in [0.29, 0.717) is 11.8 Å². The Balaban J connectivity index is 1.40. The summed E-state index contributed by atoms with van der Waals surface area (Å²) < 4.78 is 13.9. The molecule has 3 aliphatic heterocycles. The number of halogens is 1. The van der Waals surface area contributed by atoms with Crippen LogP contribution < -0.4 is 10.2 Å². The second-order valence-electron chi connectivity index (χ2n) is 8.63. The first-order valence-corrected chi connectivity index (χ1v) is 10.8. The average Bonchev–Trinajstić information content (AvgIpc) is 3.35. The Bertz CT molecular complexity index is 878. The maximum absolute atomic E-state index is 13.9. The number of nitrogens with zero attached hydrogens (tertiary/aromatic N) is 2. The molecule has 0 aromatic heterocycles. The van der Waals surface area contributed by atoms with Crippen LogP contribution in [0, 0.1) is 17.7 Å². The van der Waals surface area contributed by atoms with E-state index in [1.54, 1.807) is 12.1 Å². The Morgan fingerprint density at radius 1 is 1.00 bits per heavy atom. The van der Waals surface area contributed by atoms with Crippen molar-refractivity contribution in [3.63, 3.8) is 0 Å². The Morgan fingerprint density at radius 3 is 2.55 bits per heavy atom. The number of anilines is 1. The molecule has 29 heavy (non-hydrogen) atoms. The van der Waals surface area contributed by atoms with Crippen LogP contribution in [0.25, 0.3) is 0 Å². The largest absolute Gasteiger partial charge is 0.372 e. The van der Waals surface area contributed by atoms with Gasteiger partial charge in [0.1, 0.15) is 5.82 Å². The number of fused-ring (bicyclic) bond motifs is 1. The van der Waals surface area contributed by atoms with Crippen molar-refractivity contribution < 1.29 is 9.18 Å². The van der Waals surface area contributed by atoms with E-state index in [-0.39, 0.29) is 17.8 Å². The molecular weight excluding hydrogens is 365 g/mol. The first kappa shape index (κ1) is 18.6. The Morgan fingerprint density at radius 2 is 1.79 bits per heavy atom. The van der Waals surface area contributed by atoms with E-state index in [1.807, 2.05) is 23.1 Å². The molecule has 5 rings (SSSR count). The van der Waals surface area contributed by atoms with Crippen LogP contribution in [-0.4, -0.2) is 43.5 Å². The van der Waals surface area contributed by atoms with Crippen LogP contribution in [0.3, 0.4) is 0 Å². The second kappa shape index (κ2) is 7.79. The van der Waals surface area contributed by atoms with Gasteiger partial charge in [-0.3, -0.25) is 4.79 Å². The van der Waals surface area contributed by atoms with Crippen LogP contribution >= 0.6 is 0 Å². The number of benzene rings is 2. The van der Waals surface area contributed by atoms with Gasteiger partial charge in [-0.1, -0.05) is 12.1 Å². The molecule has 3 fully saturated rings. The minimum Gasteiger partial charge on any atom is -0.372 e. The van der Waals surface area contributed by atoms with E-state index in [1.165, 1.54) is 31.0 Å². The maximum atomic E-state index is 13.9. The van der Waals surface area contributed by atoms with Crippen molar-refractivity contribution in [2.24, 2.45) is 11.8 Å². The first-order chi connectivity index (χ1) is 14.2. The standard InChI is InChI=1S/C24H28FN3O/c25-20-6-4-5-18(13-20)23-22-15-26-14-19(22)16-28(23)24(29)17-7-9-21(10-8-17)27-11-2-1-3-12-27/h4-10,13,19,22-23,26H,1-3,11-12,14-16H2/t19-,22-,23-/m0/s1. The molecule has 0 bridgehead atoms. The smallest absolute Gasteiger partial charge is 0.254 e. The van der Waals surface area contributed by atoms with Crippen LogP contribution in [-0.2, 0) is 0 Å². The van der Waals surface area contributed by atoms with E-state index in [9.17, 15) is 9.18 Å². The SMILES string of the molecule is O=C(c1ccc(N2CCCCC2)cc1)N1C[C@@H]2CNC[C@@H]2[C@@H]1c1cccc(F)c1. The van der Waals surface area contributed by atoms with Crippen molar-refractivity contribution in [2.45, 2.75) is 25.3 Å². The number of carbonyl (C=O) groups excluding carboxylic acids is 1. The van der Waals surface area contributed by atoms with Crippen LogP contribution in [0.1, 0.15) is 41.2 Å². The molecule has 2 aromatic rings. The number of likely N-dealkylation sites (tertiary alicyclic amines) is 1. The van der Waals surface area contributed by atoms with Gasteiger partial charge in [-0.15, -0.1) is 0 Å². The van der Waals surface area contributed by atoms with Crippen molar-refractivity contribution in [1.82, 2.24) is 10.2 Å². The quantitative estimate of drug-likeness (QED) is 0.860. The summed E-state index contributed by atoms with van der Waals surface area (Å²) in [6.45, 7) is 4.72. The number of carbonyl (C=O) groups is 1. The van der Waals surface area contributed by atoms with E-state index < -0.39 is 0 Å². The average molecular weight is 394 g/mol. The molecule has 2 aromatic carbocycles. The molecule has 1 amide bonds. The lowest BCUT2D eigenvalue weighted by molar-refractivity contribution is 0.0714. The van der Waals surface area contributed by atoms with Gasteiger partial charge < -0.3 is 15.1 Å². The van der Waals surface area contributed by atoms with Gasteiger partial charge in [-0.25, -0.2) is 4.39 Å². The third-order valence-corrected chi connectivity index (χ3v) is 6.85. The number of piperidine rings is 1. The van der Waals surface area contributed by atoms with Crippen molar-refractivity contribution in [3.8, 4) is 0 Å². The summed E-state index contributed by atoms with van der Waals surface area (Å²) in [5.74, 6) is 0.585. The maximum Gasteiger partial charge on any atom is 0.254 e. The predicted octanol–water partition coefficient (Wildman–Crippen LogP) is 3.85. The summed E-state index contributed by atoms with van der Waals surface area (Å²) in [7, 11) is 0. The van der Waals surface area contributed by atoms with E-state index in [2.05, 4.69) is 22.3 Å². The molecular formula is C24H28FN3O. The minimum absolute atomic E-state index is 0.0545. The molecule has 0 saturated carbocycles. The molecule has 3 saturated heterocycles. The highest BCUT2D eigenvalue weighted by atomic mass is 19.1. The third-order valence-electron chi connectivity index (χ3n) is 6.85. The highest BCUT2D eigenvalue weighted by Gasteiger charge is 2.46. The summed E-state index contributed by atoms with van der Waals surface area (Å²) in [6.07, 6.45) is 3.78. The number of nitrogens with one attached hydrogen (secondary N) is 1. The van der Waals surface area contributed by atoms with E-state index in [4.69, 9.17) is 0 Å². The number of rotatable bonds is 3. The van der Waals surface area contributed by atoms with Crippen LogP contribution in [0.2, 0.25) is 0 Å². The van der Waals surface area contributed by atoms with Crippen molar-refractivity contribution in [3.05, 3.63) is 65.5 Å². The molecule has 152 valence electrons. The Hall–Kier alpha value is -2.40. The summed E-state index contributed by atoms with van der Waals surface area (Å²) in [5, 5.41) is 3.44. The van der Waals surface area contributed by atoms with Crippen molar-refractivity contribution in [1.29, 1.82) is 0 Å². The Labute approximate surface area is 171 Å². The molecule has 3 heterocycles. The molecule has 0 radical (unpaired) electrons. The summed E-state index contributed by atoms with van der Waals surface area (Å²) >= 11 is 0. The van der Waals surface area contributed by atoms with Gasteiger partial charge in [0.15, 0.2) is 0 Å². The third kappa shape index (κ3) is 3.52.